The maximum atomic E-state index is 11.9. The second-order valence-corrected chi connectivity index (χ2v) is 4.23. The molecule has 0 spiro atoms. The number of thioether (sulfide) groups is 1. The summed E-state index contributed by atoms with van der Waals surface area (Å²) in [5.74, 6) is 1.58. The zero-order valence-corrected chi connectivity index (χ0v) is 8.95. The fraction of sp³-hybridized carbons (Fsp3) is 0.556. The van der Waals surface area contributed by atoms with Gasteiger partial charge in [-0.05, 0) is 18.6 Å². The normalized spacial score (nSPS) is 22.6. The Labute approximate surface area is 91.5 Å². The Morgan fingerprint density at radius 2 is 2.20 bits per heavy atom. The molecular formula is C9H11FN4S. The number of aliphatic imine (C=N–C) groups is 4. The highest BCUT2D eigenvalue weighted by molar-refractivity contribution is 8.14. The van der Waals surface area contributed by atoms with E-state index in [1.54, 1.807) is 11.8 Å². The third kappa shape index (κ3) is 2.50. The fourth-order valence-corrected chi connectivity index (χ4v) is 2.28. The average Bonchev–Trinajstić information content (AvgIpc) is 2.73. The van der Waals surface area contributed by atoms with Gasteiger partial charge in [0.25, 0.3) is 0 Å². The van der Waals surface area contributed by atoms with Crippen LogP contribution in [0.2, 0.25) is 0 Å². The van der Waals surface area contributed by atoms with E-state index in [0.29, 0.717) is 12.3 Å². The van der Waals surface area contributed by atoms with Gasteiger partial charge in [0, 0.05) is 0 Å². The van der Waals surface area contributed by atoms with E-state index in [1.807, 2.05) is 0 Å². The number of rotatable bonds is 4. The maximum absolute atomic E-state index is 11.9. The number of hydrogen-bond acceptors (Lipinski definition) is 5. The summed E-state index contributed by atoms with van der Waals surface area (Å²) < 4.78 is 11.9. The molecule has 0 fully saturated rings. The molecule has 0 saturated carbocycles. The van der Waals surface area contributed by atoms with Crippen molar-refractivity contribution in [3.05, 3.63) is 0 Å². The van der Waals surface area contributed by atoms with E-state index in [9.17, 15) is 4.39 Å². The van der Waals surface area contributed by atoms with Gasteiger partial charge in [-0.25, -0.2) is 15.0 Å². The zero-order chi connectivity index (χ0) is 10.5. The Kier molecular flexibility index (Phi) is 3.60. The molecule has 80 valence electrons. The van der Waals surface area contributed by atoms with Gasteiger partial charge in [0.15, 0.2) is 11.9 Å². The van der Waals surface area contributed by atoms with Gasteiger partial charge < -0.3 is 0 Å². The SMILES string of the molecule is FCCCCSC1=NC=NC2=NC=NC21. The summed E-state index contributed by atoms with van der Waals surface area (Å²) >= 11 is 1.61. The lowest BCUT2D eigenvalue weighted by atomic mass is 10.3. The van der Waals surface area contributed by atoms with E-state index in [4.69, 9.17) is 0 Å². The van der Waals surface area contributed by atoms with Crippen LogP contribution in [0.4, 0.5) is 4.39 Å². The van der Waals surface area contributed by atoms with E-state index in [-0.39, 0.29) is 12.7 Å². The Bertz CT molecular complexity index is 348. The van der Waals surface area contributed by atoms with Gasteiger partial charge in [0.05, 0.1) is 6.67 Å². The van der Waals surface area contributed by atoms with Crippen molar-refractivity contribution < 1.29 is 4.39 Å². The Balaban J connectivity index is 1.86. The van der Waals surface area contributed by atoms with Gasteiger partial charge >= 0.3 is 0 Å². The van der Waals surface area contributed by atoms with Crippen LogP contribution in [-0.2, 0) is 0 Å². The number of nitrogens with zero attached hydrogens (tertiary/aromatic N) is 4. The monoisotopic (exact) mass is 226 g/mol. The average molecular weight is 226 g/mol. The number of unbranched alkanes of at least 4 members (excludes halogenated alkanes) is 1. The first-order valence-electron chi connectivity index (χ1n) is 4.80. The van der Waals surface area contributed by atoms with Crippen LogP contribution in [-0.4, -0.2) is 42.0 Å². The molecule has 4 nitrogen and oxygen atoms in total. The predicted octanol–water partition coefficient (Wildman–Crippen LogP) is 1.72. The molecule has 0 radical (unpaired) electrons. The van der Waals surface area contributed by atoms with E-state index in [2.05, 4.69) is 20.0 Å². The number of halogens is 1. The summed E-state index contributed by atoms with van der Waals surface area (Å²) in [6.07, 6.45) is 4.49. The van der Waals surface area contributed by atoms with Gasteiger partial charge in [-0.1, -0.05) is 0 Å². The molecule has 0 aromatic heterocycles. The molecular weight excluding hydrogens is 215 g/mol. The maximum Gasteiger partial charge on any atom is 0.163 e. The quantitative estimate of drug-likeness (QED) is 0.673. The molecule has 1 atom stereocenters. The summed E-state index contributed by atoms with van der Waals surface area (Å²) in [6.45, 7) is -0.247. The molecule has 0 aromatic rings. The highest BCUT2D eigenvalue weighted by Gasteiger charge is 2.25. The Morgan fingerprint density at radius 3 is 3.07 bits per heavy atom. The van der Waals surface area contributed by atoms with Crippen molar-refractivity contribution in [3.8, 4) is 0 Å². The van der Waals surface area contributed by atoms with Crippen LogP contribution < -0.4 is 0 Å². The summed E-state index contributed by atoms with van der Waals surface area (Å²) in [5, 5.41) is 0.913. The van der Waals surface area contributed by atoms with E-state index in [1.165, 1.54) is 12.7 Å². The number of fused-ring (bicyclic) bond motifs is 1. The Hall–Kier alpha value is -1.04. The fourth-order valence-electron chi connectivity index (χ4n) is 1.28. The van der Waals surface area contributed by atoms with E-state index < -0.39 is 0 Å². The van der Waals surface area contributed by atoms with Crippen LogP contribution in [0.25, 0.3) is 0 Å². The first-order chi connectivity index (χ1) is 7.42. The highest BCUT2D eigenvalue weighted by Crippen LogP contribution is 2.19. The molecule has 1 unspecified atom stereocenters. The van der Waals surface area contributed by atoms with Crippen LogP contribution in [0.3, 0.4) is 0 Å². The van der Waals surface area contributed by atoms with Gasteiger partial charge in [-0.2, -0.15) is 0 Å². The topological polar surface area (TPSA) is 49.4 Å². The van der Waals surface area contributed by atoms with E-state index >= 15 is 0 Å². The molecule has 0 amide bonds. The molecule has 6 heteroatoms. The summed E-state index contributed by atoms with van der Waals surface area (Å²) in [6, 6.07) is -0.106. The standard InChI is InChI=1S/C9H11FN4S/c10-3-1-2-4-15-9-7-8(12-5-11-7)13-6-14-9/h5-7H,1-4H2. The Morgan fingerprint density at radius 1 is 1.27 bits per heavy atom. The van der Waals surface area contributed by atoms with Crippen molar-refractivity contribution in [2.45, 2.75) is 18.9 Å². The highest BCUT2D eigenvalue weighted by atomic mass is 32.2. The minimum absolute atomic E-state index is 0.106. The summed E-state index contributed by atoms with van der Waals surface area (Å²) in [7, 11) is 0. The summed E-state index contributed by atoms with van der Waals surface area (Å²) in [4.78, 5) is 16.4. The van der Waals surface area contributed by atoms with E-state index in [0.717, 1.165) is 17.2 Å². The second kappa shape index (κ2) is 5.16. The molecule has 0 N–H and O–H groups in total. The van der Waals surface area contributed by atoms with Gasteiger partial charge in [0.1, 0.15) is 17.7 Å². The van der Waals surface area contributed by atoms with Crippen LogP contribution in [0.5, 0.6) is 0 Å². The van der Waals surface area contributed by atoms with Crippen molar-refractivity contribution in [3.63, 3.8) is 0 Å². The van der Waals surface area contributed by atoms with Crippen LogP contribution >= 0.6 is 11.8 Å². The third-order valence-corrected chi connectivity index (χ3v) is 3.15. The van der Waals surface area contributed by atoms with Crippen molar-refractivity contribution >= 4 is 35.3 Å². The molecule has 0 saturated heterocycles. The van der Waals surface area contributed by atoms with Crippen LogP contribution in [0.1, 0.15) is 12.8 Å². The van der Waals surface area contributed by atoms with Crippen molar-refractivity contribution in [2.75, 3.05) is 12.4 Å². The third-order valence-electron chi connectivity index (χ3n) is 2.04. The minimum Gasteiger partial charge on any atom is -0.255 e. The lowest BCUT2D eigenvalue weighted by molar-refractivity contribution is 0.470. The minimum atomic E-state index is -0.247. The predicted molar refractivity (Wildman–Crippen MR) is 63.3 cm³/mol. The number of alkyl halides is 1. The molecule has 2 aliphatic heterocycles. The van der Waals surface area contributed by atoms with Gasteiger partial charge in [-0.15, -0.1) is 11.8 Å². The van der Waals surface area contributed by atoms with Crippen LogP contribution in [0.15, 0.2) is 20.0 Å². The second-order valence-electron chi connectivity index (χ2n) is 3.11. The van der Waals surface area contributed by atoms with Crippen molar-refractivity contribution in [1.82, 2.24) is 0 Å². The van der Waals surface area contributed by atoms with Crippen molar-refractivity contribution in [1.29, 1.82) is 0 Å². The lowest BCUT2D eigenvalue weighted by Gasteiger charge is -2.12. The zero-order valence-electron chi connectivity index (χ0n) is 8.14. The first kappa shape index (κ1) is 10.5. The van der Waals surface area contributed by atoms with Crippen molar-refractivity contribution in [2.24, 2.45) is 20.0 Å². The number of amidine groups is 1. The molecule has 0 aromatic carbocycles. The molecule has 2 rings (SSSR count). The lowest BCUT2D eigenvalue weighted by Crippen LogP contribution is -2.25. The van der Waals surface area contributed by atoms with Gasteiger partial charge in [-0.3, -0.25) is 9.38 Å². The molecule has 15 heavy (non-hydrogen) atoms. The number of hydrogen-bond donors (Lipinski definition) is 0. The molecule has 0 bridgehead atoms. The molecule has 0 aliphatic carbocycles. The molecule has 2 heterocycles. The largest absolute Gasteiger partial charge is 0.255 e. The first-order valence-corrected chi connectivity index (χ1v) is 5.78. The van der Waals surface area contributed by atoms with Gasteiger partial charge in [0.2, 0.25) is 0 Å². The summed E-state index contributed by atoms with van der Waals surface area (Å²) in [5.41, 5.74) is 0. The molecule has 2 aliphatic rings. The van der Waals surface area contributed by atoms with Crippen LogP contribution in [0, 0.1) is 0 Å². The smallest absolute Gasteiger partial charge is 0.163 e.